The molecule has 0 spiro atoms. The second-order valence-corrected chi connectivity index (χ2v) is 8.58. The number of carbonyl (C=O) groups excluding carboxylic acids is 1. The summed E-state index contributed by atoms with van der Waals surface area (Å²) < 4.78 is 1.99. The molecule has 0 bridgehead atoms. The lowest BCUT2D eigenvalue weighted by Crippen LogP contribution is -2.19. The minimum absolute atomic E-state index is 0.0862. The van der Waals surface area contributed by atoms with Crippen LogP contribution < -0.4 is 10.6 Å². The summed E-state index contributed by atoms with van der Waals surface area (Å²) in [4.78, 5) is 17.9. The Morgan fingerprint density at radius 3 is 2.50 bits per heavy atom. The molecule has 142 valence electrons. The highest BCUT2D eigenvalue weighted by atomic mass is 32.1. The van der Waals surface area contributed by atoms with E-state index in [0.717, 1.165) is 27.6 Å². The number of fused-ring (bicyclic) bond motifs is 1. The fourth-order valence-electron chi connectivity index (χ4n) is 2.97. The second-order valence-electron chi connectivity index (χ2n) is 7.71. The molecule has 0 aliphatic heterocycles. The summed E-state index contributed by atoms with van der Waals surface area (Å²) in [5.41, 5.74) is 4.64. The molecule has 2 amide bonds. The summed E-state index contributed by atoms with van der Waals surface area (Å²) in [6.45, 7) is 6.50. The molecule has 4 aromatic rings. The van der Waals surface area contributed by atoms with E-state index in [9.17, 15) is 4.79 Å². The number of benzene rings is 2. The molecule has 2 aromatic heterocycles. The Balaban J connectivity index is 1.45. The number of aromatic nitrogens is 2. The number of hydrogen-bond donors (Lipinski definition) is 2. The van der Waals surface area contributed by atoms with E-state index >= 15 is 0 Å². The van der Waals surface area contributed by atoms with E-state index in [1.807, 2.05) is 70.7 Å². The number of nitrogens with zero attached hydrogens (tertiary/aromatic N) is 2. The third kappa shape index (κ3) is 3.92. The average molecular weight is 391 g/mol. The number of thiazole rings is 1. The first-order valence-corrected chi connectivity index (χ1v) is 9.98. The Labute approximate surface area is 168 Å². The van der Waals surface area contributed by atoms with Crippen LogP contribution in [0.1, 0.15) is 26.3 Å². The highest BCUT2D eigenvalue weighted by molar-refractivity contribution is 7.15. The first-order chi connectivity index (χ1) is 13.4. The van der Waals surface area contributed by atoms with Gasteiger partial charge in [0.2, 0.25) is 0 Å². The van der Waals surface area contributed by atoms with Gasteiger partial charge in [0.1, 0.15) is 0 Å². The molecule has 28 heavy (non-hydrogen) atoms. The molecule has 0 aliphatic carbocycles. The van der Waals surface area contributed by atoms with Crippen molar-refractivity contribution in [2.75, 3.05) is 10.6 Å². The molecule has 4 rings (SSSR count). The van der Waals surface area contributed by atoms with Gasteiger partial charge < -0.3 is 10.6 Å². The number of nitrogens with one attached hydrogen (secondary N) is 2. The van der Waals surface area contributed by atoms with Gasteiger partial charge >= 0.3 is 6.03 Å². The van der Waals surface area contributed by atoms with E-state index in [1.54, 1.807) is 11.3 Å². The van der Waals surface area contributed by atoms with E-state index in [-0.39, 0.29) is 11.4 Å². The normalized spacial score (nSPS) is 11.5. The molecule has 2 heterocycles. The maximum absolute atomic E-state index is 12.4. The van der Waals surface area contributed by atoms with Crippen LogP contribution in [-0.2, 0) is 5.41 Å². The number of carbonyl (C=O) groups is 1. The minimum atomic E-state index is -0.272. The number of urea groups is 1. The van der Waals surface area contributed by atoms with Gasteiger partial charge in [-0.15, -0.1) is 11.3 Å². The Morgan fingerprint density at radius 2 is 1.79 bits per heavy atom. The van der Waals surface area contributed by atoms with Crippen molar-refractivity contribution in [3.8, 4) is 11.3 Å². The maximum Gasteiger partial charge on any atom is 0.323 e. The molecule has 0 saturated carbocycles. The van der Waals surface area contributed by atoms with E-state index in [0.29, 0.717) is 0 Å². The number of anilines is 2. The van der Waals surface area contributed by atoms with Crippen molar-refractivity contribution in [2.45, 2.75) is 26.2 Å². The van der Waals surface area contributed by atoms with Gasteiger partial charge in [-0.05, 0) is 35.2 Å². The smallest absolute Gasteiger partial charge is 0.308 e. The number of amides is 2. The standard InChI is InChI=1S/C22H22N4OS/c1-22(2,3)16-7-9-17(10-8-16)23-20(27)24-18-6-4-5-15(13-18)19-14-26-11-12-28-21(26)25-19/h4-14H,1-3H3,(H2,23,24,27). The molecule has 6 heteroatoms. The molecule has 0 aliphatic rings. The molecule has 2 N–H and O–H groups in total. The average Bonchev–Trinajstić information content (AvgIpc) is 3.23. The van der Waals surface area contributed by atoms with Crippen LogP contribution in [0.15, 0.2) is 66.3 Å². The summed E-state index contributed by atoms with van der Waals surface area (Å²) in [6.07, 6.45) is 3.97. The van der Waals surface area contributed by atoms with E-state index < -0.39 is 0 Å². The zero-order chi connectivity index (χ0) is 19.7. The predicted molar refractivity (Wildman–Crippen MR) is 116 cm³/mol. The topological polar surface area (TPSA) is 58.4 Å². The van der Waals surface area contributed by atoms with Gasteiger partial charge in [0.15, 0.2) is 4.96 Å². The van der Waals surface area contributed by atoms with Crippen molar-refractivity contribution in [3.05, 3.63) is 71.9 Å². The van der Waals surface area contributed by atoms with Crippen molar-refractivity contribution in [1.29, 1.82) is 0 Å². The van der Waals surface area contributed by atoms with E-state index in [2.05, 4.69) is 36.4 Å². The van der Waals surface area contributed by atoms with Gasteiger partial charge in [-0.3, -0.25) is 4.40 Å². The van der Waals surface area contributed by atoms with Crippen molar-refractivity contribution < 1.29 is 4.79 Å². The predicted octanol–water partition coefficient (Wildman–Crippen LogP) is 6.00. The van der Waals surface area contributed by atoms with Crippen LogP contribution in [0.25, 0.3) is 16.2 Å². The van der Waals surface area contributed by atoms with Crippen molar-refractivity contribution in [1.82, 2.24) is 9.38 Å². The monoisotopic (exact) mass is 390 g/mol. The Morgan fingerprint density at radius 1 is 1.04 bits per heavy atom. The Kier molecular flexibility index (Phi) is 4.65. The van der Waals surface area contributed by atoms with Gasteiger partial charge in [-0.25, -0.2) is 9.78 Å². The molecule has 0 saturated heterocycles. The quantitative estimate of drug-likeness (QED) is 0.450. The zero-order valence-corrected chi connectivity index (χ0v) is 16.9. The number of hydrogen-bond acceptors (Lipinski definition) is 3. The van der Waals surface area contributed by atoms with Crippen molar-refractivity contribution >= 4 is 33.7 Å². The van der Waals surface area contributed by atoms with Crippen LogP contribution in [0.2, 0.25) is 0 Å². The molecule has 5 nitrogen and oxygen atoms in total. The SMILES string of the molecule is CC(C)(C)c1ccc(NC(=O)Nc2cccc(-c3cn4ccsc4n3)c2)cc1. The number of rotatable bonds is 3. The summed E-state index contributed by atoms with van der Waals surface area (Å²) in [5.74, 6) is 0. The van der Waals surface area contributed by atoms with Gasteiger partial charge in [-0.1, -0.05) is 45.0 Å². The summed E-state index contributed by atoms with van der Waals surface area (Å²) in [7, 11) is 0. The molecule has 0 unspecified atom stereocenters. The summed E-state index contributed by atoms with van der Waals surface area (Å²) in [5, 5.41) is 7.77. The third-order valence-electron chi connectivity index (χ3n) is 4.52. The zero-order valence-electron chi connectivity index (χ0n) is 16.1. The fourth-order valence-corrected chi connectivity index (χ4v) is 3.67. The molecule has 0 fully saturated rings. The van der Waals surface area contributed by atoms with E-state index in [1.165, 1.54) is 5.56 Å². The van der Waals surface area contributed by atoms with Crippen LogP contribution in [0.5, 0.6) is 0 Å². The van der Waals surface area contributed by atoms with Gasteiger partial charge in [-0.2, -0.15) is 0 Å². The van der Waals surface area contributed by atoms with Gasteiger partial charge in [0.25, 0.3) is 0 Å². The minimum Gasteiger partial charge on any atom is -0.308 e. The maximum atomic E-state index is 12.4. The highest BCUT2D eigenvalue weighted by Gasteiger charge is 2.13. The first-order valence-electron chi connectivity index (χ1n) is 9.10. The van der Waals surface area contributed by atoms with Gasteiger partial charge in [0, 0.05) is 34.7 Å². The molecular formula is C22H22N4OS. The Bertz CT molecular complexity index is 1090. The second kappa shape index (κ2) is 7.13. The summed E-state index contributed by atoms with van der Waals surface area (Å²) >= 11 is 1.59. The van der Waals surface area contributed by atoms with Crippen molar-refractivity contribution in [2.24, 2.45) is 0 Å². The van der Waals surface area contributed by atoms with Gasteiger partial charge in [0.05, 0.1) is 5.69 Å². The largest absolute Gasteiger partial charge is 0.323 e. The lowest BCUT2D eigenvalue weighted by atomic mass is 9.87. The third-order valence-corrected chi connectivity index (χ3v) is 5.29. The van der Waals surface area contributed by atoms with Crippen LogP contribution in [-0.4, -0.2) is 15.4 Å². The van der Waals surface area contributed by atoms with E-state index in [4.69, 9.17) is 0 Å². The molecule has 0 radical (unpaired) electrons. The lowest BCUT2D eigenvalue weighted by molar-refractivity contribution is 0.262. The van der Waals surface area contributed by atoms with Crippen LogP contribution in [0, 0.1) is 0 Å². The summed E-state index contributed by atoms with van der Waals surface area (Å²) in [6, 6.07) is 15.4. The Hall–Kier alpha value is -3.12. The van der Waals surface area contributed by atoms with Crippen LogP contribution in [0.3, 0.4) is 0 Å². The first kappa shape index (κ1) is 18.3. The lowest BCUT2D eigenvalue weighted by Gasteiger charge is -2.19. The fraction of sp³-hybridized carbons (Fsp3) is 0.182. The molecular weight excluding hydrogens is 368 g/mol. The van der Waals surface area contributed by atoms with Crippen LogP contribution in [0.4, 0.5) is 16.2 Å². The van der Waals surface area contributed by atoms with Crippen molar-refractivity contribution in [3.63, 3.8) is 0 Å². The molecule has 0 atom stereocenters. The highest BCUT2D eigenvalue weighted by Crippen LogP contribution is 2.25. The molecule has 2 aromatic carbocycles. The number of imidazole rings is 1. The van der Waals surface area contributed by atoms with Crippen LogP contribution >= 0.6 is 11.3 Å².